The molecular weight excluding hydrogens is 324 g/mol. The van der Waals surface area contributed by atoms with E-state index in [9.17, 15) is 9.59 Å². The van der Waals surface area contributed by atoms with E-state index in [-0.39, 0.29) is 18.7 Å². The molecular formula is C18H28N2O5. The molecule has 0 aliphatic rings. The maximum absolute atomic E-state index is 11.6. The number of carboxylic acids is 1. The summed E-state index contributed by atoms with van der Waals surface area (Å²) in [5.41, 5.74) is 0.858. The molecule has 1 aromatic rings. The van der Waals surface area contributed by atoms with E-state index in [2.05, 4.69) is 24.1 Å². The number of carbonyl (C=O) groups is 2. The van der Waals surface area contributed by atoms with Crippen LogP contribution in [0.25, 0.3) is 0 Å². The Balaban J connectivity index is 2.53. The van der Waals surface area contributed by atoms with Gasteiger partial charge in [0.15, 0.2) is 11.5 Å². The highest BCUT2D eigenvalue weighted by Gasteiger charge is 2.09. The average molecular weight is 352 g/mol. The van der Waals surface area contributed by atoms with E-state index >= 15 is 0 Å². The molecule has 0 saturated carbocycles. The molecule has 25 heavy (non-hydrogen) atoms. The van der Waals surface area contributed by atoms with Gasteiger partial charge in [0.25, 0.3) is 0 Å². The highest BCUT2D eigenvalue weighted by molar-refractivity contribution is 5.80. The largest absolute Gasteiger partial charge is 0.493 e. The summed E-state index contributed by atoms with van der Waals surface area (Å²) in [6.07, 6.45) is -0.201. The van der Waals surface area contributed by atoms with Gasteiger partial charge in [0, 0.05) is 19.5 Å². The summed E-state index contributed by atoms with van der Waals surface area (Å²) in [7, 11) is 1.57. The zero-order chi connectivity index (χ0) is 18.7. The maximum atomic E-state index is 11.6. The second-order valence-electron chi connectivity index (χ2n) is 5.53. The van der Waals surface area contributed by atoms with Crippen molar-refractivity contribution >= 4 is 11.9 Å². The van der Waals surface area contributed by atoms with Crippen molar-refractivity contribution in [3.8, 4) is 11.5 Å². The standard InChI is InChI=1S/C18H28N2O5/c1-4-20(5-2)10-11-25-15-7-6-14(12-16(15)24-3)13-19-17(21)8-9-18(22)23/h6-7,12H,4-5,8-11,13H2,1-3H3,(H,19,21)(H,22,23). The first-order valence-electron chi connectivity index (χ1n) is 8.50. The number of carbonyl (C=O) groups excluding carboxylic acids is 1. The van der Waals surface area contributed by atoms with Gasteiger partial charge in [-0.15, -0.1) is 0 Å². The van der Waals surface area contributed by atoms with Crippen LogP contribution in [-0.4, -0.2) is 55.2 Å². The van der Waals surface area contributed by atoms with Crippen molar-refractivity contribution in [2.24, 2.45) is 0 Å². The van der Waals surface area contributed by atoms with Crippen molar-refractivity contribution in [1.29, 1.82) is 0 Å². The number of carboxylic acid groups (broad SMARTS) is 1. The molecule has 1 rings (SSSR count). The molecule has 140 valence electrons. The molecule has 0 aromatic heterocycles. The number of nitrogens with zero attached hydrogens (tertiary/aromatic N) is 1. The predicted molar refractivity (Wildman–Crippen MR) is 95.0 cm³/mol. The molecule has 1 aromatic carbocycles. The van der Waals surface area contributed by atoms with Gasteiger partial charge >= 0.3 is 5.97 Å². The summed E-state index contributed by atoms with van der Waals surface area (Å²) < 4.78 is 11.1. The molecule has 0 radical (unpaired) electrons. The predicted octanol–water partition coefficient (Wildman–Crippen LogP) is 1.90. The lowest BCUT2D eigenvalue weighted by Gasteiger charge is -2.19. The Morgan fingerprint density at radius 1 is 1.16 bits per heavy atom. The maximum Gasteiger partial charge on any atom is 0.303 e. The Morgan fingerprint density at radius 2 is 1.88 bits per heavy atom. The van der Waals surface area contributed by atoms with E-state index in [1.54, 1.807) is 7.11 Å². The molecule has 0 heterocycles. The van der Waals surface area contributed by atoms with Gasteiger partial charge in [-0.25, -0.2) is 0 Å². The first kappa shape index (κ1) is 20.8. The lowest BCUT2D eigenvalue weighted by Crippen LogP contribution is -2.28. The van der Waals surface area contributed by atoms with E-state index in [1.165, 1.54) is 0 Å². The fourth-order valence-corrected chi connectivity index (χ4v) is 2.28. The lowest BCUT2D eigenvalue weighted by atomic mass is 10.2. The lowest BCUT2D eigenvalue weighted by molar-refractivity contribution is -0.138. The summed E-state index contributed by atoms with van der Waals surface area (Å²) >= 11 is 0. The molecule has 7 heteroatoms. The molecule has 1 amide bonds. The number of aliphatic carboxylic acids is 1. The Kier molecular flexibility index (Phi) is 9.39. The summed E-state index contributed by atoms with van der Waals surface area (Å²) in [5.74, 6) is -0.00334. The summed E-state index contributed by atoms with van der Waals surface area (Å²) in [5, 5.41) is 11.3. The van der Waals surface area contributed by atoms with Crippen molar-refractivity contribution in [3.63, 3.8) is 0 Å². The normalized spacial score (nSPS) is 10.6. The molecule has 2 N–H and O–H groups in total. The van der Waals surface area contributed by atoms with E-state index in [4.69, 9.17) is 14.6 Å². The van der Waals surface area contributed by atoms with Gasteiger partial charge in [-0.1, -0.05) is 19.9 Å². The molecule has 0 aliphatic carbocycles. The van der Waals surface area contributed by atoms with Crippen LogP contribution in [0.3, 0.4) is 0 Å². The topological polar surface area (TPSA) is 88.1 Å². The number of hydrogen-bond donors (Lipinski definition) is 2. The third kappa shape index (κ3) is 7.89. The van der Waals surface area contributed by atoms with Crippen LogP contribution in [0.5, 0.6) is 11.5 Å². The number of rotatable bonds is 12. The minimum Gasteiger partial charge on any atom is -0.493 e. The fraction of sp³-hybridized carbons (Fsp3) is 0.556. The molecule has 0 saturated heterocycles. The van der Waals surface area contributed by atoms with Crippen molar-refractivity contribution < 1.29 is 24.2 Å². The smallest absolute Gasteiger partial charge is 0.303 e. The van der Waals surface area contributed by atoms with Gasteiger partial charge in [-0.05, 0) is 30.8 Å². The Morgan fingerprint density at radius 3 is 2.48 bits per heavy atom. The number of nitrogens with one attached hydrogen (secondary N) is 1. The van der Waals surface area contributed by atoms with Gasteiger partial charge in [-0.2, -0.15) is 0 Å². The zero-order valence-electron chi connectivity index (χ0n) is 15.2. The van der Waals surface area contributed by atoms with Gasteiger partial charge in [0.1, 0.15) is 6.61 Å². The fourth-order valence-electron chi connectivity index (χ4n) is 2.28. The first-order valence-corrected chi connectivity index (χ1v) is 8.50. The minimum atomic E-state index is -0.983. The van der Waals surface area contributed by atoms with E-state index in [1.807, 2.05) is 18.2 Å². The minimum absolute atomic E-state index is 0.0287. The van der Waals surface area contributed by atoms with Crippen molar-refractivity contribution in [1.82, 2.24) is 10.2 Å². The third-order valence-electron chi connectivity index (χ3n) is 3.84. The molecule has 0 fully saturated rings. The average Bonchev–Trinajstić information content (AvgIpc) is 2.62. The van der Waals surface area contributed by atoms with Crippen LogP contribution in [0.2, 0.25) is 0 Å². The molecule has 0 bridgehead atoms. The third-order valence-corrected chi connectivity index (χ3v) is 3.84. The van der Waals surface area contributed by atoms with Crippen LogP contribution < -0.4 is 14.8 Å². The Bertz CT molecular complexity index is 558. The summed E-state index contributed by atoms with van der Waals surface area (Å²) in [4.78, 5) is 24.3. The van der Waals surface area contributed by atoms with Gasteiger partial charge < -0.3 is 24.8 Å². The summed E-state index contributed by atoms with van der Waals surface area (Å²) in [6.45, 7) is 7.93. The van der Waals surface area contributed by atoms with Crippen LogP contribution in [0, 0.1) is 0 Å². The number of benzene rings is 1. The molecule has 0 atom stereocenters. The monoisotopic (exact) mass is 352 g/mol. The van der Waals surface area contributed by atoms with Crippen molar-refractivity contribution in [2.75, 3.05) is 33.4 Å². The zero-order valence-corrected chi connectivity index (χ0v) is 15.2. The first-order chi connectivity index (χ1) is 12.0. The number of hydrogen-bond acceptors (Lipinski definition) is 5. The van der Waals surface area contributed by atoms with E-state index < -0.39 is 5.97 Å². The van der Waals surface area contributed by atoms with Crippen LogP contribution in [-0.2, 0) is 16.1 Å². The highest BCUT2D eigenvalue weighted by Crippen LogP contribution is 2.28. The van der Waals surface area contributed by atoms with E-state index in [0.29, 0.717) is 24.7 Å². The second kappa shape index (κ2) is 11.3. The quantitative estimate of drug-likeness (QED) is 0.597. The van der Waals surface area contributed by atoms with Crippen LogP contribution >= 0.6 is 0 Å². The number of amides is 1. The molecule has 0 spiro atoms. The van der Waals surface area contributed by atoms with Crippen molar-refractivity contribution in [2.45, 2.75) is 33.2 Å². The van der Waals surface area contributed by atoms with Crippen LogP contribution in [0.1, 0.15) is 32.3 Å². The SMILES string of the molecule is CCN(CC)CCOc1ccc(CNC(=O)CCC(=O)O)cc1OC. The van der Waals surface area contributed by atoms with Crippen LogP contribution in [0.4, 0.5) is 0 Å². The van der Waals surface area contributed by atoms with Crippen molar-refractivity contribution in [3.05, 3.63) is 23.8 Å². The van der Waals surface area contributed by atoms with Crippen LogP contribution in [0.15, 0.2) is 18.2 Å². The second-order valence-corrected chi connectivity index (χ2v) is 5.53. The Labute approximate surface area is 148 Å². The van der Waals surface area contributed by atoms with Gasteiger partial charge in [-0.3, -0.25) is 9.59 Å². The number of methoxy groups -OCH3 is 1. The van der Waals surface area contributed by atoms with Gasteiger partial charge in [0.2, 0.25) is 5.91 Å². The number of ether oxygens (including phenoxy) is 2. The molecule has 7 nitrogen and oxygen atoms in total. The Hall–Kier alpha value is -2.28. The van der Waals surface area contributed by atoms with E-state index in [0.717, 1.165) is 25.2 Å². The molecule has 0 aliphatic heterocycles. The van der Waals surface area contributed by atoms with Gasteiger partial charge in [0.05, 0.1) is 13.5 Å². The molecule has 0 unspecified atom stereocenters. The summed E-state index contributed by atoms with van der Waals surface area (Å²) in [6, 6.07) is 5.48. The number of likely N-dealkylation sites (N-methyl/N-ethyl adjacent to an activating group) is 1. The highest BCUT2D eigenvalue weighted by atomic mass is 16.5.